The molecule has 1 N–H and O–H groups in total. The number of aromatic nitrogens is 1. The lowest BCUT2D eigenvalue weighted by Crippen LogP contribution is -2.24. The fourth-order valence-corrected chi connectivity index (χ4v) is 2.74. The van der Waals surface area contributed by atoms with Crippen molar-refractivity contribution in [2.75, 3.05) is 6.61 Å². The maximum atomic E-state index is 11.6. The Morgan fingerprint density at radius 1 is 1.41 bits per heavy atom. The van der Waals surface area contributed by atoms with Gasteiger partial charge in [-0.1, -0.05) is 11.6 Å². The van der Waals surface area contributed by atoms with Crippen LogP contribution in [0.25, 0.3) is 0 Å². The molecule has 1 amide bonds. The molecule has 1 aromatic heterocycles. The standard InChI is InChI=1S/C15H16ClN3O2S/c1-10-14(22-11(2)18-10)7-8-17-19-15(20)9-21-13-5-3-12(16)4-6-13/h3-6,8H,7,9H2,1-2H3,(H,19,20). The first-order valence-corrected chi connectivity index (χ1v) is 7.85. The smallest absolute Gasteiger partial charge is 0.277 e. The van der Waals surface area contributed by atoms with E-state index in [1.165, 1.54) is 0 Å². The van der Waals surface area contributed by atoms with Gasteiger partial charge in [-0.3, -0.25) is 4.79 Å². The van der Waals surface area contributed by atoms with E-state index in [-0.39, 0.29) is 12.5 Å². The van der Waals surface area contributed by atoms with Gasteiger partial charge in [-0.25, -0.2) is 10.4 Å². The van der Waals surface area contributed by atoms with Crippen LogP contribution < -0.4 is 10.2 Å². The summed E-state index contributed by atoms with van der Waals surface area (Å²) in [6.45, 7) is 3.83. The van der Waals surface area contributed by atoms with Crippen LogP contribution in [0, 0.1) is 13.8 Å². The third kappa shape index (κ3) is 5.13. The van der Waals surface area contributed by atoms with Crippen LogP contribution in [0.15, 0.2) is 29.4 Å². The number of benzene rings is 1. The third-order valence-electron chi connectivity index (χ3n) is 2.74. The van der Waals surface area contributed by atoms with E-state index in [2.05, 4.69) is 15.5 Å². The Bertz CT molecular complexity index is 668. The molecule has 0 unspecified atom stereocenters. The number of rotatable bonds is 6. The van der Waals surface area contributed by atoms with Crippen molar-refractivity contribution in [2.24, 2.45) is 5.10 Å². The number of hydrogen-bond acceptors (Lipinski definition) is 5. The van der Waals surface area contributed by atoms with Crippen LogP contribution in [-0.4, -0.2) is 23.7 Å². The van der Waals surface area contributed by atoms with Crippen molar-refractivity contribution in [1.29, 1.82) is 0 Å². The lowest BCUT2D eigenvalue weighted by Gasteiger charge is -2.04. The molecule has 0 aliphatic heterocycles. The molecular weight excluding hydrogens is 322 g/mol. The highest BCUT2D eigenvalue weighted by Gasteiger charge is 2.03. The highest BCUT2D eigenvalue weighted by atomic mass is 35.5. The Labute approximate surface area is 138 Å². The summed E-state index contributed by atoms with van der Waals surface area (Å²) >= 11 is 7.40. The molecule has 0 aliphatic carbocycles. The third-order valence-corrected chi connectivity index (χ3v) is 4.09. The number of carbonyl (C=O) groups is 1. The van der Waals surface area contributed by atoms with E-state index in [0.717, 1.165) is 15.6 Å². The van der Waals surface area contributed by atoms with Crippen molar-refractivity contribution in [3.05, 3.63) is 44.9 Å². The zero-order valence-corrected chi connectivity index (χ0v) is 13.9. The molecule has 2 rings (SSSR count). The monoisotopic (exact) mass is 337 g/mol. The van der Waals surface area contributed by atoms with Gasteiger partial charge in [0.15, 0.2) is 6.61 Å². The van der Waals surface area contributed by atoms with Crippen LogP contribution in [0.3, 0.4) is 0 Å². The summed E-state index contributed by atoms with van der Waals surface area (Å²) in [7, 11) is 0. The van der Waals surface area contributed by atoms with Gasteiger partial charge in [0.25, 0.3) is 5.91 Å². The predicted molar refractivity (Wildman–Crippen MR) is 88.9 cm³/mol. The van der Waals surface area contributed by atoms with Crippen LogP contribution in [0.4, 0.5) is 0 Å². The van der Waals surface area contributed by atoms with Crippen molar-refractivity contribution in [3.8, 4) is 5.75 Å². The molecule has 116 valence electrons. The second kappa shape index (κ2) is 7.91. The van der Waals surface area contributed by atoms with Gasteiger partial charge in [-0.2, -0.15) is 5.10 Å². The Balaban J connectivity index is 1.72. The van der Waals surface area contributed by atoms with Crippen LogP contribution in [0.1, 0.15) is 15.6 Å². The van der Waals surface area contributed by atoms with Gasteiger partial charge < -0.3 is 4.74 Å². The molecule has 0 atom stereocenters. The summed E-state index contributed by atoms with van der Waals surface area (Å²) in [6.07, 6.45) is 2.30. The summed E-state index contributed by atoms with van der Waals surface area (Å²) in [6, 6.07) is 6.81. The van der Waals surface area contributed by atoms with E-state index in [1.807, 2.05) is 13.8 Å². The van der Waals surface area contributed by atoms with Gasteiger partial charge in [0.05, 0.1) is 10.7 Å². The molecule has 2 aromatic rings. The number of nitrogens with one attached hydrogen (secondary N) is 1. The predicted octanol–water partition coefficient (Wildman–Crippen LogP) is 3.14. The largest absolute Gasteiger partial charge is 0.484 e. The van der Waals surface area contributed by atoms with E-state index >= 15 is 0 Å². The van der Waals surface area contributed by atoms with Gasteiger partial charge in [0.2, 0.25) is 0 Å². The Kier molecular flexibility index (Phi) is 5.91. The topological polar surface area (TPSA) is 63.6 Å². The van der Waals surface area contributed by atoms with E-state index in [9.17, 15) is 4.79 Å². The average Bonchev–Trinajstić information content (AvgIpc) is 2.81. The number of hydrazone groups is 1. The van der Waals surface area contributed by atoms with Crippen molar-refractivity contribution in [2.45, 2.75) is 20.3 Å². The number of aryl methyl sites for hydroxylation is 2. The highest BCUT2D eigenvalue weighted by Crippen LogP contribution is 2.17. The fraction of sp³-hybridized carbons (Fsp3) is 0.267. The van der Waals surface area contributed by atoms with Gasteiger partial charge >= 0.3 is 0 Å². The van der Waals surface area contributed by atoms with Crippen LogP contribution in [0.5, 0.6) is 5.75 Å². The van der Waals surface area contributed by atoms with Crippen LogP contribution in [-0.2, 0) is 11.2 Å². The lowest BCUT2D eigenvalue weighted by molar-refractivity contribution is -0.123. The van der Waals surface area contributed by atoms with E-state index < -0.39 is 0 Å². The minimum Gasteiger partial charge on any atom is -0.484 e. The van der Waals surface area contributed by atoms with Crippen molar-refractivity contribution >= 4 is 35.1 Å². The molecule has 0 spiro atoms. The molecular formula is C15H16ClN3O2S. The molecule has 0 fully saturated rings. The molecule has 1 heterocycles. The van der Waals surface area contributed by atoms with Crippen molar-refractivity contribution < 1.29 is 9.53 Å². The minimum absolute atomic E-state index is 0.0995. The first-order valence-electron chi connectivity index (χ1n) is 6.66. The SMILES string of the molecule is Cc1nc(C)c(CC=NNC(=O)COc2ccc(Cl)cc2)s1. The minimum atomic E-state index is -0.316. The number of thiazole rings is 1. The Morgan fingerprint density at radius 3 is 2.77 bits per heavy atom. The quantitative estimate of drug-likeness (QED) is 0.650. The highest BCUT2D eigenvalue weighted by molar-refractivity contribution is 7.11. The first kappa shape index (κ1) is 16.5. The average molecular weight is 338 g/mol. The van der Waals surface area contributed by atoms with Gasteiger partial charge in [-0.05, 0) is 38.1 Å². The zero-order chi connectivity index (χ0) is 15.9. The van der Waals surface area contributed by atoms with Crippen LogP contribution in [0.2, 0.25) is 5.02 Å². The summed E-state index contributed by atoms with van der Waals surface area (Å²) < 4.78 is 5.31. The van der Waals surface area contributed by atoms with Gasteiger partial charge in [-0.15, -0.1) is 11.3 Å². The molecule has 0 radical (unpaired) electrons. The Hall–Kier alpha value is -1.92. The summed E-state index contributed by atoms with van der Waals surface area (Å²) in [4.78, 5) is 17.1. The second-order valence-electron chi connectivity index (χ2n) is 4.53. The van der Waals surface area contributed by atoms with Crippen molar-refractivity contribution in [1.82, 2.24) is 10.4 Å². The summed E-state index contributed by atoms with van der Waals surface area (Å²) in [5.41, 5.74) is 3.43. The zero-order valence-electron chi connectivity index (χ0n) is 12.3. The van der Waals surface area contributed by atoms with E-state index in [1.54, 1.807) is 41.8 Å². The molecule has 22 heavy (non-hydrogen) atoms. The van der Waals surface area contributed by atoms with Crippen molar-refractivity contribution in [3.63, 3.8) is 0 Å². The number of carbonyl (C=O) groups excluding carboxylic acids is 1. The molecule has 0 aliphatic rings. The van der Waals surface area contributed by atoms with Gasteiger partial charge in [0.1, 0.15) is 5.75 Å². The Morgan fingerprint density at radius 2 is 2.14 bits per heavy atom. The number of ether oxygens (including phenoxy) is 1. The number of hydrogen-bond donors (Lipinski definition) is 1. The van der Waals surface area contributed by atoms with Gasteiger partial charge in [0, 0.05) is 22.5 Å². The second-order valence-corrected chi connectivity index (χ2v) is 6.26. The van der Waals surface area contributed by atoms with E-state index in [0.29, 0.717) is 17.2 Å². The molecule has 7 heteroatoms. The molecule has 0 saturated carbocycles. The normalized spacial score (nSPS) is 10.9. The maximum Gasteiger partial charge on any atom is 0.277 e. The molecule has 5 nitrogen and oxygen atoms in total. The maximum absolute atomic E-state index is 11.6. The molecule has 0 saturated heterocycles. The number of halogens is 1. The summed E-state index contributed by atoms with van der Waals surface area (Å²) in [5.74, 6) is 0.266. The summed E-state index contributed by atoms with van der Waals surface area (Å²) in [5, 5.41) is 5.55. The van der Waals surface area contributed by atoms with Crippen LogP contribution >= 0.6 is 22.9 Å². The first-order chi connectivity index (χ1) is 10.5. The fourth-order valence-electron chi connectivity index (χ4n) is 1.72. The molecule has 1 aromatic carbocycles. The number of amides is 1. The molecule has 0 bridgehead atoms. The number of nitrogens with zero attached hydrogens (tertiary/aromatic N) is 2. The van der Waals surface area contributed by atoms with E-state index in [4.69, 9.17) is 16.3 Å². The lowest BCUT2D eigenvalue weighted by atomic mass is 10.3.